The normalized spacial score (nSPS) is 12.5. The Morgan fingerprint density at radius 2 is 1.93 bits per heavy atom. The van der Waals surface area contributed by atoms with E-state index < -0.39 is 0 Å². The summed E-state index contributed by atoms with van der Waals surface area (Å²) >= 11 is 2.34. The quantitative estimate of drug-likeness (QED) is 0.587. The van der Waals surface area contributed by atoms with E-state index in [4.69, 9.17) is 9.47 Å². The Labute approximate surface area is 105 Å². The highest BCUT2D eigenvalue weighted by Crippen LogP contribution is 2.15. The van der Waals surface area contributed by atoms with Crippen molar-refractivity contribution >= 4 is 22.6 Å². The summed E-state index contributed by atoms with van der Waals surface area (Å²) in [6.07, 6.45) is 2.27. The summed E-state index contributed by atoms with van der Waals surface area (Å²) in [5.74, 6) is 0.887. The number of hydrogen-bond donors (Lipinski definition) is 0. The second kappa shape index (κ2) is 7.06. The lowest BCUT2D eigenvalue weighted by atomic mass is 10.2. The molecule has 0 saturated carbocycles. The lowest BCUT2D eigenvalue weighted by Crippen LogP contribution is -2.03. The van der Waals surface area contributed by atoms with Gasteiger partial charge in [0.15, 0.2) is 0 Å². The first-order valence-electron chi connectivity index (χ1n) is 5.15. The molecule has 0 aliphatic rings. The van der Waals surface area contributed by atoms with E-state index in [9.17, 15) is 0 Å². The van der Waals surface area contributed by atoms with Gasteiger partial charge in [0.2, 0.25) is 0 Å². The van der Waals surface area contributed by atoms with Crippen molar-refractivity contribution < 1.29 is 9.47 Å². The van der Waals surface area contributed by atoms with Gasteiger partial charge in [-0.3, -0.25) is 0 Å². The molecule has 1 aromatic rings. The van der Waals surface area contributed by atoms with Crippen LogP contribution >= 0.6 is 22.6 Å². The standard InChI is InChI=1S/C12H17IO2/c1-3-4-12(13)15-9-10-5-7-11(14-2)8-6-10/h5-8,12H,3-4,9H2,1-2H3. The molecule has 0 bridgehead atoms. The summed E-state index contributed by atoms with van der Waals surface area (Å²) in [5.41, 5.74) is 1.19. The number of benzene rings is 1. The fourth-order valence-electron chi connectivity index (χ4n) is 1.22. The van der Waals surface area contributed by atoms with Crippen molar-refractivity contribution in [1.29, 1.82) is 0 Å². The SMILES string of the molecule is CCCC(I)OCc1ccc(OC)cc1. The smallest absolute Gasteiger partial charge is 0.118 e. The Hall–Kier alpha value is -0.290. The molecule has 2 nitrogen and oxygen atoms in total. The van der Waals surface area contributed by atoms with Crippen molar-refractivity contribution in [2.24, 2.45) is 0 Å². The van der Waals surface area contributed by atoms with Gasteiger partial charge in [-0.25, -0.2) is 0 Å². The van der Waals surface area contributed by atoms with E-state index in [1.54, 1.807) is 7.11 Å². The molecule has 0 aromatic heterocycles. The van der Waals surface area contributed by atoms with Crippen molar-refractivity contribution in [3.63, 3.8) is 0 Å². The molecule has 1 rings (SSSR count). The van der Waals surface area contributed by atoms with Crippen LogP contribution in [0.3, 0.4) is 0 Å². The minimum absolute atomic E-state index is 0.315. The maximum Gasteiger partial charge on any atom is 0.118 e. The minimum atomic E-state index is 0.315. The van der Waals surface area contributed by atoms with Gasteiger partial charge in [0.1, 0.15) is 9.86 Å². The van der Waals surface area contributed by atoms with Crippen LogP contribution in [0, 0.1) is 0 Å². The van der Waals surface area contributed by atoms with E-state index in [1.165, 1.54) is 5.56 Å². The zero-order valence-corrected chi connectivity index (χ0v) is 11.4. The summed E-state index contributed by atoms with van der Waals surface area (Å²) in [6, 6.07) is 7.99. The molecule has 0 heterocycles. The van der Waals surface area contributed by atoms with Crippen molar-refractivity contribution in [1.82, 2.24) is 0 Å². The number of ether oxygens (including phenoxy) is 2. The van der Waals surface area contributed by atoms with Crippen LogP contribution in [0.5, 0.6) is 5.75 Å². The molecule has 0 aliphatic heterocycles. The predicted molar refractivity (Wildman–Crippen MR) is 70.5 cm³/mol. The van der Waals surface area contributed by atoms with E-state index in [-0.39, 0.29) is 0 Å². The number of alkyl halides is 1. The third kappa shape index (κ3) is 4.84. The first-order valence-corrected chi connectivity index (χ1v) is 6.39. The van der Waals surface area contributed by atoms with Gasteiger partial charge in [0.25, 0.3) is 0 Å². The van der Waals surface area contributed by atoms with E-state index >= 15 is 0 Å². The molecular weight excluding hydrogens is 303 g/mol. The van der Waals surface area contributed by atoms with Gasteiger partial charge in [0.05, 0.1) is 13.7 Å². The minimum Gasteiger partial charge on any atom is -0.497 e. The summed E-state index contributed by atoms with van der Waals surface area (Å²) in [4.78, 5) is 0. The molecule has 1 atom stereocenters. The van der Waals surface area contributed by atoms with E-state index in [2.05, 4.69) is 29.5 Å². The zero-order chi connectivity index (χ0) is 11.1. The van der Waals surface area contributed by atoms with Crippen molar-refractivity contribution in [3.05, 3.63) is 29.8 Å². The van der Waals surface area contributed by atoms with Crippen LogP contribution in [0.2, 0.25) is 0 Å². The molecule has 0 fully saturated rings. The fraction of sp³-hybridized carbons (Fsp3) is 0.500. The van der Waals surface area contributed by atoms with Gasteiger partial charge in [-0.1, -0.05) is 48.1 Å². The molecule has 15 heavy (non-hydrogen) atoms. The molecule has 1 unspecified atom stereocenters. The van der Waals surface area contributed by atoms with Crippen molar-refractivity contribution in [3.8, 4) is 5.75 Å². The lowest BCUT2D eigenvalue weighted by molar-refractivity contribution is 0.104. The van der Waals surface area contributed by atoms with Gasteiger partial charge in [-0.2, -0.15) is 0 Å². The summed E-state index contributed by atoms with van der Waals surface area (Å²) < 4.78 is 11.1. The van der Waals surface area contributed by atoms with Crippen LogP contribution in [-0.4, -0.2) is 11.2 Å². The van der Waals surface area contributed by atoms with Gasteiger partial charge in [-0.05, 0) is 24.1 Å². The Morgan fingerprint density at radius 1 is 1.27 bits per heavy atom. The molecular formula is C12H17IO2. The first-order chi connectivity index (χ1) is 7.26. The van der Waals surface area contributed by atoms with Gasteiger partial charge in [0, 0.05) is 0 Å². The molecule has 0 aliphatic carbocycles. The Balaban J connectivity index is 2.37. The van der Waals surface area contributed by atoms with Crippen LogP contribution in [0.1, 0.15) is 25.3 Å². The lowest BCUT2D eigenvalue weighted by Gasteiger charge is -2.10. The topological polar surface area (TPSA) is 18.5 Å². The monoisotopic (exact) mass is 320 g/mol. The number of hydrogen-bond acceptors (Lipinski definition) is 2. The molecule has 0 N–H and O–H groups in total. The van der Waals surface area contributed by atoms with E-state index in [1.807, 2.05) is 24.3 Å². The molecule has 0 radical (unpaired) electrons. The summed E-state index contributed by atoms with van der Waals surface area (Å²) in [7, 11) is 1.67. The highest BCUT2D eigenvalue weighted by molar-refractivity contribution is 14.1. The van der Waals surface area contributed by atoms with Gasteiger partial charge >= 0.3 is 0 Å². The van der Waals surface area contributed by atoms with Gasteiger partial charge in [-0.15, -0.1) is 0 Å². The second-order valence-corrected chi connectivity index (χ2v) is 4.75. The number of halogens is 1. The molecule has 84 valence electrons. The van der Waals surface area contributed by atoms with Crippen LogP contribution in [-0.2, 0) is 11.3 Å². The van der Waals surface area contributed by atoms with Crippen LogP contribution in [0.25, 0.3) is 0 Å². The molecule has 0 spiro atoms. The Bertz CT molecular complexity index is 271. The van der Waals surface area contributed by atoms with Gasteiger partial charge < -0.3 is 9.47 Å². The zero-order valence-electron chi connectivity index (χ0n) is 9.20. The summed E-state index contributed by atoms with van der Waals surface area (Å²) in [6.45, 7) is 2.85. The Kier molecular flexibility index (Phi) is 6.02. The predicted octanol–water partition coefficient (Wildman–Crippen LogP) is 3.77. The molecule has 3 heteroatoms. The average Bonchev–Trinajstić information content (AvgIpc) is 2.27. The van der Waals surface area contributed by atoms with E-state index in [0.717, 1.165) is 18.6 Å². The van der Waals surface area contributed by atoms with Crippen LogP contribution in [0.15, 0.2) is 24.3 Å². The third-order valence-electron chi connectivity index (χ3n) is 2.11. The van der Waals surface area contributed by atoms with Crippen molar-refractivity contribution in [2.75, 3.05) is 7.11 Å². The molecule has 0 saturated heterocycles. The average molecular weight is 320 g/mol. The van der Waals surface area contributed by atoms with Crippen LogP contribution < -0.4 is 4.74 Å². The largest absolute Gasteiger partial charge is 0.497 e. The number of rotatable bonds is 6. The second-order valence-electron chi connectivity index (χ2n) is 3.36. The fourth-order valence-corrected chi connectivity index (χ4v) is 2.02. The first kappa shape index (κ1) is 12.8. The van der Waals surface area contributed by atoms with Crippen molar-refractivity contribution in [2.45, 2.75) is 30.5 Å². The highest BCUT2D eigenvalue weighted by Gasteiger charge is 2.02. The van der Waals surface area contributed by atoms with E-state index in [0.29, 0.717) is 10.7 Å². The maximum atomic E-state index is 5.69. The highest BCUT2D eigenvalue weighted by atomic mass is 127. The maximum absolute atomic E-state index is 5.69. The summed E-state index contributed by atoms with van der Waals surface area (Å²) in [5, 5.41) is 0. The third-order valence-corrected chi connectivity index (χ3v) is 3.09. The van der Waals surface area contributed by atoms with Crippen LogP contribution in [0.4, 0.5) is 0 Å². The molecule has 0 amide bonds. The molecule has 1 aromatic carbocycles. The Morgan fingerprint density at radius 3 is 2.47 bits per heavy atom. The number of methoxy groups -OCH3 is 1.